The molecular weight excluding hydrogens is 415 g/mol. The Balaban J connectivity index is 2.42. The summed E-state index contributed by atoms with van der Waals surface area (Å²) in [5, 5.41) is 11.2. The summed E-state index contributed by atoms with van der Waals surface area (Å²) in [5.41, 5.74) is 0.357. The van der Waals surface area contributed by atoms with E-state index in [-0.39, 0.29) is 11.6 Å². The van der Waals surface area contributed by atoms with Gasteiger partial charge in [-0.1, -0.05) is 27.5 Å². The van der Waals surface area contributed by atoms with Gasteiger partial charge in [-0.25, -0.2) is 4.98 Å². The van der Waals surface area contributed by atoms with Crippen LogP contribution in [0.4, 0.5) is 5.69 Å². The molecule has 1 aromatic heterocycles. The molecule has 1 aromatic carbocycles. The molecule has 0 bridgehead atoms. The Morgan fingerprint density at radius 3 is 2.75 bits per heavy atom. The molecule has 0 atom stereocenters. The van der Waals surface area contributed by atoms with Crippen molar-refractivity contribution < 1.29 is 9.66 Å². The molecule has 0 aliphatic heterocycles. The zero-order valence-electron chi connectivity index (χ0n) is 10.1. The second-order valence-corrected chi connectivity index (χ2v) is 5.94. The lowest BCUT2D eigenvalue weighted by molar-refractivity contribution is -0.385. The summed E-state index contributed by atoms with van der Waals surface area (Å²) >= 11 is 12.6. The molecule has 0 unspecified atom stereocenters. The highest BCUT2D eigenvalue weighted by Gasteiger charge is 2.19. The van der Waals surface area contributed by atoms with E-state index in [4.69, 9.17) is 16.3 Å². The van der Waals surface area contributed by atoms with Gasteiger partial charge in [-0.05, 0) is 41.1 Å². The molecule has 8 heteroatoms. The lowest BCUT2D eigenvalue weighted by atomic mass is 10.2. The van der Waals surface area contributed by atoms with Crippen LogP contribution >= 0.6 is 43.5 Å². The number of ether oxygens (including phenoxy) is 1. The normalized spacial score (nSPS) is 10.4. The van der Waals surface area contributed by atoms with Gasteiger partial charge in [0.15, 0.2) is 0 Å². The fourth-order valence-electron chi connectivity index (χ4n) is 1.46. The average Bonchev–Trinajstić information content (AvgIpc) is 2.39. The van der Waals surface area contributed by atoms with Gasteiger partial charge >= 0.3 is 0 Å². The highest BCUT2D eigenvalue weighted by molar-refractivity contribution is 9.10. The zero-order valence-corrected chi connectivity index (χ0v) is 14.0. The maximum Gasteiger partial charge on any atom is 0.291 e. The maximum atomic E-state index is 10.8. The molecule has 0 radical (unpaired) electrons. The molecule has 0 amide bonds. The average molecular weight is 422 g/mol. The van der Waals surface area contributed by atoms with Crippen molar-refractivity contribution >= 4 is 49.1 Å². The molecule has 5 nitrogen and oxygen atoms in total. The lowest BCUT2D eigenvalue weighted by Gasteiger charge is -2.10. The minimum absolute atomic E-state index is 0.0791. The largest absolute Gasteiger partial charge is 0.436 e. The van der Waals surface area contributed by atoms with E-state index in [2.05, 4.69) is 36.8 Å². The van der Waals surface area contributed by atoms with E-state index >= 15 is 0 Å². The van der Waals surface area contributed by atoms with Crippen LogP contribution in [0.2, 0.25) is 5.02 Å². The zero-order chi connectivity index (χ0) is 14.9. The summed E-state index contributed by atoms with van der Waals surface area (Å²) in [7, 11) is 0. The van der Waals surface area contributed by atoms with Crippen molar-refractivity contribution in [2.75, 3.05) is 0 Å². The standard InChI is InChI=1S/C12H7Br2ClN2O3/c1-6-9(17(18)19)5-16-12(11(6)14)20-10-4-7(13)2-3-8(10)15/h2-5H,1H3. The van der Waals surface area contributed by atoms with E-state index in [1.807, 2.05) is 0 Å². The third-order valence-corrected chi connectivity index (χ3v) is 4.24. The van der Waals surface area contributed by atoms with Gasteiger partial charge in [-0.3, -0.25) is 10.1 Å². The van der Waals surface area contributed by atoms with Crippen LogP contribution in [0.5, 0.6) is 11.6 Å². The molecule has 2 rings (SSSR count). The van der Waals surface area contributed by atoms with Gasteiger partial charge < -0.3 is 4.74 Å². The van der Waals surface area contributed by atoms with Crippen LogP contribution in [0.25, 0.3) is 0 Å². The molecule has 2 aromatic rings. The van der Waals surface area contributed by atoms with Crippen LogP contribution in [0.15, 0.2) is 33.3 Å². The predicted molar refractivity (Wildman–Crippen MR) is 82.6 cm³/mol. The van der Waals surface area contributed by atoms with E-state index < -0.39 is 4.92 Å². The van der Waals surface area contributed by atoms with Crippen LogP contribution in [0.3, 0.4) is 0 Å². The minimum Gasteiger partial charge on any atom is -0.436 e. The van der Waals surface area contributed by atoms with Crippen molar-refractivity contribution in [3.8, 4) is 11.6 Å². The van der Waals surface area contributed by atoms with E-state index in [0.29, 0.717) is 20.8 Å². The minimum atomic E-state index is -0.497. The van der Waals surface area contributed by atoms with Crippen LogP contribution in [-0.2, 0) is 0 Å². The number of benzene rings is 1. The summed E-state index contributed by atoms with van der Waals surface area (Å²) in [4.78, 5) is 14.3. The van der Waals surface area contributed by atoms with Crippen LogP contribution in [-0.4, -0.2) is 9.91 Å². The van der Waals surface area contributed by atoms with E-state index in [1.165, 1.54) is 0 Å². The first-order valence-corrected chi connectivity index (χ1v) is 7.29. The Bertz CT molecular complexity index is 695. The first kappa shape index (κ1) is 15.2. The van der Waals surface area contributed by atoms with Crippen LogP contribution in [0, 0.1) is 17.0 Å². The summed E-state index contributed by atoms with van der Waals surface area (Å²) in [6.45, 7) is 1.61. The smallest absolute Gasteiger partial charge is 0.291 e. The molecule has 0 aliphatic rings. The Kier molecular flexibility index (Phi) is 4.62. The van der Waals surface area contributed by atoms with Gasteiger partial charge in [-0.2, -0.15) is 0 Å². The molecule has 104 valence electrons. The van der Waals surface area contributed by atoms with Crippen molar-refractivity contribution in [1.82, 2.24) is 4.98 Å². The second-order valence-electron chi connectivity index (χ2n) is 3.82. The lowest BCUT2D eigenvalue weighted by Crippen LogP contribution is -1.97. The van der Waals surface area contributed by atoms with Gasteiger partial charge in [0.2, 0.25) is 5.88 Å². The van der Waals surface area contributed by atoms with E-state index in [0.717, 1.165) is 10.7 Å². The fourth-order valence-corrected chi connectivity index (χ4v) is 2.34. The van der Waals surface area contributed by atoms with Gasteiger partial charge in [0, 0.05) is 10.0 Å². The SMILES string of the molecule is Cc1c([N+](=O)[O-])cnc(Oc2cc(Br)ccc2Cl)c1Br. The predicted octanol–water partition coefficient (Wildman–Crippen LogP) is 5.27. The summed E-state index contributed by atoms with van der Waals surface area (Å²) in [6, 6.07) is 5.14. The number of nitrogens with zero attached hydrogens (tertiary/aromatic N) is 2. The molecule has 0 spiro atoms. The molecular formula is C12H7Br2ClN2O3. The topological polar surface area (TPSA) is 65.3 Å². The number of pyridine rings is 1. The Labute approximate surface area is 136 Å². The molecule has 0 aliphatic carbocycles. The van der Waals surface area contributed by atoms with E-state index in [1.54, 1.807) is 25.1 Å². The molecule has 0 saturated carbocycles. The second kappa shape index (κ2) is 6.07. The van der Waals surface area contributed by atoms with Crippen molar-refractivity contribution in [1.29, 1.82) is 0 Å². The van der Waals surface area contributed by atoms with Crippen LogP contribution < -0.4 is 4.74 Å². The van der Waals surface area contributed by atoms with Gasteiger partial charge in [0.25, 0.3) is 5.69 Å². The number of aromatic nitrogens is 1. The third kappa shape index (κ3) is 3.11. The molecule has 0 N–H and O–H groups in total. The number of hydrogen-bond donors (Lipinski definition) is 0. The monoisotopic (exact) mass is 420 g/mol. The number of rotatable bonds is 3. The first-order valence-electron chi connectivity index (χ1n) is 5.32. The Hall–Kier alpha value is -1.18. The molecule has 20 heavy (non-hydrogen) atoms. The number of hydrogen-bond acceptors (Lipinski definition) is 4. The van der Waals surface area contributed by atoms with Crippen molar-refractivity contribution in [2.24, 2.45) is 0 Å². The summed E-state index contributed by atoms with van der Waals surface area (Å²) < 4.78 is 6.81. The van der Waals surface area contributed by atoms with E-state index in [9.17, 15) is 10.1 Å². The van der Waals surface area contributed by atoms with Gasteiger partial charge in [-0.15, -0.1) is 0 Å². The van der Waals surface area contributed by atoms with Crippen molar-refractivity contribution in [3.63, 3.8) is 0 Å². The summed E-state index contributed by atoms with van der Waals surface area (Å²) in [6.07, 6.45) is 1.15. The highest BCUT2D eigenvalue weighted by Crippen LogP contribution is 2.37. The number of halogens is 3. The molecule has 0 saturated heterocycles. The molecule has 1 heterocycles. The van der Waals surface area contributed by atoms with Gasteiger partial charge in [0.1, 0.15) is 11.9 Å². The third-order valence-electron chi connectivity index (χ3n) is 2.50. The number of nitro groups is 1. The van der Waals surface area contributed by atoms with Crippen molar-refractivity contribution in [3.05, 3.63) is 54.0 Å². The quantitative estimate of drug-likeness (QED) is 0.499. The van der Waals surface area contributed by atoms with Crippen LogP contribution in [0.1, 0.15) is 5.56 Å². The van der Waals surface area contributed by atoms with Gasteiger partial charge in [0.05, 0.1) is 14.4 Å². The first-order chi connectivity index (χ1) is 9.40. The molecule has 0 fully saturated rings. The summed E-state index contributed by atoms with van der Waals surface area (Å²) in [5.74, 6) is 0.621. The Morgan fingerprint density at radius 1 is 1.40 bits per heavy atom. The highest BCUT2D eigenvalue weighted by atomic mass is 79.9. The Morgan fingerprint density at radius 2 is 2.10 bits per heavy atom. The maximum absolute atomic E-state index is 10.8. The van der Waals surface area contributed by atoms with Crippen molar-refractivity contribution in [2.45, 2.75) is 6.92 Å². The fraction of sp³-hybridized carbons (Fsp3) is 0.0833.